The summed E-state index contributed by atoms with van der Waals surface area (Å²) < 4.78 is 3.08. The van der Waals surface area contributed by atoms with Crippen molar-refractivity contribution < 1.29 is 9.59 Å². The maximum atomic E-state index is 9.01. The molecule has 2 radical (unpaired) electrons. The Hall–Kier alpha value is 0.279. The Morgan fingerprint density at radius 3 is 1.82 bits per heavy atom. The fraction of sp³-hybridized carbons (Fsp3) is 0.636. The van der Waals surface area contributed by atoms with Crippen LogP contribution >= 0.6 is 24.4 Å². The van der Waals surface area contributed by atoms with E-state index in [1.807, 2.05) is 0 Å². The molecule has 0 aliphatic carbocycles. The molecule has 6 heteroatoms. The van der Waals surface area contributed by atoms with Gasteiger partial charge in [-0.3, -0.25) is 9.59 Å². The van der Waals surface area contributed by atoms with Gasteiger partial charge in [0.2, 0.25) is 0 Å². The second-order valence-electron chi connectivity index (χ2n) is 2.75. The van der Waals surface area contributed by atoms with Gasteiger partial charge in [-0.25, -0.2) is 0 Å². The van der Waals surface area contributed by atoms with Gasteiger partial charge in [-0.2, -0.15) is 0 Å². The molecule has 0 aromatic rings. The molecule has 0 aromatic carbocycles. The molecule has 0 saturated carbocycles. The molecule has 0 bridgehead atoms. The largest absolute Gasteiger partial charge is 0.298 e. The van der Waals surface area contributed by atoms with Crippen molar-refractivity contribution in [2.75, 3.05) is 6.54 Å². The molecule has 0 saturated heterocycles. The number of aldehydes is 2. The van der Waals surface area contributed by atoms with E-state index in [1.165, 1.54) is 23.7 Å². The van der Waals surface area contributed by atoms with Crippen LogP contribution in [0.2, 0.25) is 8.87 Å². The molecule has 0 aromatic heterocycles. The standard InChI is InChI=1S/C5H12N.2C2H2OS.C2H5.Sn/c1-2-3-4-5-6;2*3-1-2-4;1-2;/h1-6H2;2*1-2H;1H2,2H3;. The van der Waals surface area contributed by atoms with Crippen LogP contribution in [0.4, 0.5) is 0 Å². The summed E-state index contributed by atoms with van der Waals surface area (Å²) in [6.07, 6.45) is 5.20. The molecule has 0 rings (SSSR count). The number of hydrogen-bond acceptors (Lipinski definition) is 5. The summed E-state index contributed by atoms with van der Waals surface area (Å²) >= 11 is 8.24. The first-order valence-corrected chi connectivity index (χ1v) is 10.4. The van der Waals surface area contributed by atoms with E-state index in [0.29, 0.717) is 12.6 Å². The molecule has 0 spiro atoms. The number of nitrogens with two attached hydrogens (primary N) is 1. The van der Waals surface area contributed by atoms with Gasteiger partial charge >= 0.3 is 68.5 Å². The minimum atomic E-state index is 0.120. The van der Waals surface area contributed by atoms with Crippen molar-refractivity contribution in [3.05, 3.63) is 0 Å². The maximum absolute atomic E-state index is 9.01. The topological polar surface area (TPSA) is 60.2 Å². The molecule has 3 nitrogen and oxygen atoms in total. The van der Waals surface area contributed by atoms with E-state index in [2.05, 4.69) is 31.4 Å². The molecule has 17 heavy (non-hydrogen) atoms. The van der Waals surface area contributed by atoms with Gasteiger partial charge in [0.15, 0.2) is 12.6 Å². The van der Waals surface area contributed by atoms with E-state index in [-0.39, 0.29) is 21.1 Å². The molecule has 0 heterocycles. The fourth-order valence-electron chi connectivity index (χ4n) is 0.748. The van der Waals surface area contributed by atoms with E-state index in [4.69, 9.17) is 15.3 Å². The number of hydrogen-bond donors (Lipinski definition) is 1. The van der Waals surface area contributed by atoms with E-state index in [1.54, 1.807) is 4.44 Å². The van der Waals surface area contributed by atoms with Gasteiger partial charge in [-0.15, -0.1) is 0 Å². The van der Waals surface area contributed by atoms with Crippen molar-refractivity contribution in [1.29, 1.82) is 0 Å². The summed E-state index contributed by atoms with van der Waals surface area (Å²) in [6, 6.07) is 0. The van der Waals surface area contributed by atoms with Gasteiger partial charge in [0.1, 0.15) is 0 Å². The molecule has 0 fully saturated rings. The molecule has 2 N–H and O–H groups in total. The third kappa shape index (κ3) is 48.4. The smallest absolute Gasteiger partial charge is 0.153 e. The molecular formula is C11H21NO2S2Sn. The minimum Gasteiger partial charge on any atom is -0.298 e. The average Bonchev–Trinajstić information content (AvgIpc) is 2.39. The number of rotatable bonds is 8. The Labute approximate surface area is 125 Å². The molecular weight excluding hydrogens is 361 g/mol. The first kappa shape index (κ1) is 22.5. The van der Waals surface area contributed by atoms with Crippen LogP contribution in [-0.4, -0.2) is 51.0 Å². The zero-order valence-electron chi connectivity index (χ0n) is 10.3. The van der Waals surface area contributed by atoms with Crippen LogP contribution in [0, 0.1) is 0 Å². The molecule has 0 aliphatic rings. The number of thiocarbonyl (C=S) groups is 2. The van der Waals surface area contributed by atoms with Crippen LogP contribution in [0.15, 0.2) is 0 Å². The summed E-state index contributed by atoms with van der Waals surface area (Å²) in [5, 5.41) is 2.06. The number of carbonyl (C=O) groups excluding carboxylic acids is 2. The zero-order chi connectivity index (χ0) is 13.8. The van der Waals surface area contributed by atoms with Crippen molar-refractivity contribution >= 4 is 68.9 Å². The summed E-state index contributed by atoms with van der Waals surface area (Å²) in [5.74, 6) is 0. The minimum absolute atomic E-state index is 0.120. The van der Waals surface area contributed by atoms with Gasteiger partial charge in [-0.1, -0.05) is 24.4 Å². The summed E-state index contributed by atoms with van der Waals surface area (Å²) in [4.78, 5) is 18.0. The van der Waals surface area contributed by atoms with Crippen LogP contribution in [0.25, 0.3) is 0 Å². The summed E-state index contributed by atoms with van der Waals surface area (Å²) in [7, 11) is 0. The number of carbonyl (C=O) groups is 2. The molecule has 0 amide bonds. The Morgan fingerprint density at radius 2 is 1.53 bits per heavy atom. The van der Waals surface area contributed by atoms with Crippen LogP contribution in [0.1, 0.15) is 26.2 Å². The molecule has 0 unspecified atom stereocenters. The Kier molecular flexibility index (Phi) is 39.5. The van der Waals surface area contributed by atoms with Crippen molar-refractivity contribution in [3.8, 4) is 0 Å². The van der Waals surface area contributed by atoms with Crippen LogP contribution in [0.3, 0.4) is 0 Å². The zero-order valence-corrected chi connectivity index (χ0v) is 14.7. The van der Waals surface area contributed by atoms with Gasteiger partial charge in [0.25, 0.3) is 0 Å². The van der Waals surface area contributed by atoms with Gasteiger partial charge in [0, 0.05) is 10.7 Å². The van der Waals surface area contributed by atoms with E-state index >= 15 is 0 Å². The van der Waals surface area contributed by atoms with E-state index in [9.17, 15) is 0 Å². The predicted octanol–water partition coefficient (Wildman–Crippen LogP) is 2.05. The molecule has 0 aliphatic heterocycles. The van der Waals surface area contributed by atoms with Gasteiger partial charge in [-0.05, 0) is 0 Å². The fourth-order valence-corrected chi connectivity index (χ4v) is 3.18. The predicted molar refractivity (Wildman–Crippen MR) is 83.4 cm³/mol. The summed E-state index contributed by atoms with van der Waals surface area (Å²) in [6.45, 7) is 3.20. The first-order valence-electron chi connectivity index (χ1n) is 5.43. The third-order valence-electron chi connectivity index (χ3n) is 1.42. The van der Waals surface area contributed by atoms with Crippen molar-refractivity contribution in [2.45, 2.75) is 35.1 Å². The normalized spacial score (nSPS) is 7.65. The number of unbranched alkanes of at least 4 members (excludes halogenated alkanes) is 2. The Morgan fingerprint density at radius 1 is 1.06 bits per heavy atom. The maximum Gasteiger partial charge on any atom is 0.153 e. The molecule has 0 atom stereocenters. The first-order chi connectivity index (χ1) is 8.24. The SMILES string of the molecule is C[CH2][Sn][CH2]CCCCN.O=CC=S.O=CC=S. The van der Waals surface area contributed by atoms with Crippen molar-refractivity contribution in [1.82, 2.24) is 0 Å². The monoisotopic (exact) mass is 383 g/mol. The van der Waals surface area contributed by atoms with Crippen LogP contribution in [0.5, 0.6) is 0 Å². The van der Waals surface area contributed by atoms with E-state index < -0.39 is 0 Å². The van der Waals surface area contributed by atoms with Crippen molar-refractivity contribution in [3.63, 3.8) is 0 Å². The molecule has 98 valence electrons. The summed E-state index contributed by atoms with van der Waals surface area (Å²) in [5.41, 5.74) is 5.36. The Bertz CT molecular complexity index is 151. The van der Waals surface area contributed by atoms with Crippen molar-refractivity contribution in [2.24, 2.45) is 5.73 Å². The van der Waals surface area contributed by atoms with Crippen LogP contribution < -0.4 is 5.73 Å². The van der Waals surface area contributed by atoms with Gasteiger partial charge < -0.3 is 0 Å². The van der Waals surface area contributed by atoms with Crippen LogP contribution in [-0.2, 0) is 9.59 Å². The quantitative estimate of drug-likeness (QED) is 0.301. The third-order valence-corrected chi connectivity index (χ3v) is 5.09. The Balaban J connectivity index is -0.000000205. The second kappa shape index (κ2) is 29.9. The van der Waals surface area contributed by atoms with E-state index in [0.717, 1.165) is 17.3 Å². The average molecular weight is 382 g/mol. The van der Waals surface area contributed by atoms with Gasteiger partial charge in [0.05, 0.1) is 0 Å². The second-order valence-corrected chi connectivity index (χ2v) is 8.16.